The van der Waals surface area contributed by atoms with E-state index in [1.807, 2.05) is 0 Å². The Morgan fingerprint density at radius 3 is 1.68 bits per heavy atom. The first kappa shape index (κ1) is 24.5. The van der Waals surface area contributed by atoms with Crippen LogP contribution in [-0.4, -0.2) is 42.2 Å². The summed E-state index contributed by atoms with van der Waals surface area (Å²) in [5.41, 5.74) is 0.410. The molecule has 0 spiro atoms. The Bertz CT molecular complexity index is 1060. The van der Waals surface area contributed by atoms with Crippen LogP contribution in [-0.2, 0) is 16.2 Å². The third kappa shape index (κ3) is 8.13. The minimum Gasteiger partial charge on any atom is -0.502 e. The van der Waals surface area contributed by atoms with Gasteiger partial charge in [-0.25, -0.2) is 9.59 Å². The molecule has 0 aliphatic rings. The third-order valence-corrected chi connectivity index (χ3v) is 3.50. The molecule has 0 unspecified atom stereocenters. The Kier molecular flexibility index (Phi) is 9.02. The lowest BCUT2D eigenvalue weighted by atomic mass is 10.1. The number of hydrogen-bond donors (Lipinski definition) is 4. The topological polar surface area (TPSA) is 201 Å². The van der Waals surface area contributed by atoms with E-state index in [1.54, 1.807) is 0 Å². The smallest absolute Gasteiger partial charge is 0.328 e. The number of nitro benzene ring substituents is 2. The summed E-state index contributed by atoms with van der Waals surface area (Å²) < 4.78 is 0. The Balaban J connectivity index is 0.000000311. The molecular formula is C19H16N2O10. The van der Waals surface area contributed by atoms with Crippen molar-refractivity contribution in [2.75, 3.05) is 0 Å². The SMILES string of the molecule is O=C(O)C=Cc1ccc([N+](=O)[O-])c(CO)c1.O=C(O)C=Cc1ccc([N+](=O)[O-])c(O)c1. The molecule has 0 saturated carbocycles. The standard InChI is InChI=1S/C10H9NO5.C9H7NO5/c12-6-8-5-7(2-4-10(13)14)1-3-9(8)11(15)16;11-8-5-6(2-4-9(12)13)1-3-7(8)10(14)15/h1-5,12H,6H2,(H,13,14);1-5,11H,(H,12,13). The molecule has 0 aliphatic heterocycles. The maximum atomic E-state index is 10.5. The lowest BCUT2D eigenvalue weighted by molar-refractivity contribution is -0.386. The highest BCUT2D eigenvalue weighted by atomic mass is 16.6. The number of carboxylic acids is 2. The second-order valence-corrected chi connectivity index (χ2v) is 5.65. The van der Waals surface area contributed by atoms with Crippen molar-refractivity contribution >= 4 is 35.5 Å². The highest BCUT2D eigenvalue weighted by molar-refractivity contribution is 5.86. The number of carbonyl (C=O) groups is 2. The summed E-state index contributed by atoms with van der Waals surface area (Å²) in [4.78, 5) is 40.0. The summed E-state index contributed by atoms with van der Waals surface area (Å²) in [6, 6.07) is 7.59. The number of carboxylic acid groups (broad SMARTS) is 2. The number of hydrogen-bond acceptors (Lipinski definition) is 8. The quantitative estimate of drug-likeness (QED) is 0.286. The molecule has 2 rings (SSSR count). The summed E-state index contributed by atoms with van der Waals surface area (Å²) in [5.74, 6) is -2.73. The fourth-order valence-corrected chi connectivity index (χ4v) is 2.15. The molecule has 31 heavy (non-hydrogen) atoms. The highest BCUT2D eigenvalue weighted by Gasteiger charge is 2.13. The largest absolute Gasteiger partial charge is 0.502 e. The van der Waals surface area contributed by atoms with Crippen LogP contribution in [0.5, 0.6) is 5.75 Å². The van der Waals surface area contributed by atoms with Gasteiger partial charge in [0.15, 0.2) is 5.75 Å². The number of rotatable bonds is 7. The van der Waals surface area contributed by atoms with Crippen molar-refractivity contribution in [2.24, 2.45) is 0 Å². The van der Waals surface area contributed by atoms with Crippen LogP contribution in [0.1, 0.15) is 16.7 Å². The van der Waals surface area contributed by atoms with Crippen LogP contribution in [0.15, 0.2) is 48.6 Å². The zero-order valence-corrected chi connectivity index (χ0v) is 15.6. The second kappa shape index (κ2) is 11.4. The molecule has 2 aromatic rings. The van der Waals surface area contributed by atoms with Crippen LogP contribution in [0.3, 0.4) is 0 Å². The summed E-state index contributed by atoms with van der Waals surface area (Å²) in [6.07, 6.45) is 4.32. The summed E-state index contributed by atoms with van der Waals surface area (Å²) in [6.45, 7) is -0.467. The predicted molar refractivity (Wildman–Crippen MR) is 107 cm³/mol. The normalized spacial score (nSPS) is 10.5. The lowest BCUT2D eigenvalue weighted by Crippen LogP contribution is -1.95. The van der Waals surface area contributed by atoms with Crippen LogP contribution in [0.25, 0.3) is 12.2 Å². The predicted octanol–water partition coefficient (Wildman–Crippen LogP) is 2.58. The van der Waals surface area contributed by atoms with Gasteiger partial charge < -0.3 is 20.4 Å². The van der Waals surface area contributed by atoms with Crippen LogP contribution in [0.4, 0.5) is 11.4 Å². The second-order valence-electron chi connectivity index (χ2n) is 5.65. The van der Waals surface area contributed by atoms with Crippen molar-refractivity contribution in [3.63, 3.8) is 0 Å². The number of phenolic OH excluding ortho intramolecular Hbond substituents is 1. The molecule has 0 bridgehead atoms. The van der Waals surface area contributed by atoms with Gasteiger partial charge in [-0.2, -0.15) is 0 Å². The number of aliphatic carboxylic acids is 2. The first-order chi connectivity index (χ1) is 14.5. The molecule has 162 valence electrons. The fourth-order valence-electron chi connectivity index (χ4n) is 2.15. The monoisotopic (exact) mass is 432 g/mol. The number of nitrogens with zero attached hydrogens (tertiary/aromatic N) is 2. The molecular weight excluding hydrogens is 416 g/mol. The molecule has 0 heterocycles. The van der Waals surface area contributed by atoms with E-state index in [4.69, 9.17) is 15.3 Å². The number of nitro groups is 2. The van der Waals surface area contributed by atoms with Crippen molar-refractivity contribution in [3.8, 4) is 5.75 Å². The zero-order chi connectivity index (χ0) is 23.6. The van der Waals surface area contributed by atoms with Gasteiger partial charge in [0.1, 0.15) is 0 Å². The maximum absolute atomic E-state index is 10.5. The Morgan fingerprint density at radius 2 is 1.29 bits per heavy atom. The molecule has 2 aromatic carbocycles. The van der Waals surface area contributed by atoms with Crippen LogP contribution < -0.4 is 0 Å². The maximum Gasteiger partial charge on any atom is 0.328 e. The molecule has 4 N–H and O–H groups in total. The average molecular weight is 432 g/mol. The number of benzene rings is 2. The minimum atomic E-state index is -1.13. The van der Waals surface area contributed by atoms with Crippen LogP contribution >= 0.6 is 0 Å². The van der Waals surface area contributed by atoms with E-state index in [9.17, 15) is 34.9 Å². The van der Waals surface area contributed by atoms with E-state index in [2.05, 4.69) is 0 Å². The first-order valence-corrected chi connectivity index (χ1v) is 8.22. The Morgan fingerprint density at radius 1 is 0.839 bits per heavy atom. The molecule has 0 amide bonds. The lowest BCUT2D eigenvalue weighted by Gasteiger charge is -2.00. The number of phenols is 1. The van der Waals surface area contributed by atoms with E-state index >= 15 is 0 Å². The van der Waals surface area contributed by atoms with Gasteiger partial charge in [-0.1, -0.05) is 0 Å². The minimum absolute atomic E-state index is 0.150. The number of aliphatic hydroxyl groups excluding tert-OH is 1. The molecule has 0 aromatic heterocycles. The van der Waals surface area contributed by atoms with E-state index in [-0.39, 0.29) is 11.3 Å². The van der Waals surface area contributed by atoms with Crippen molar-refractivity contribution in [2.45, 2.75) is 6.61 Å². The first-order valence-electron chi connectivity index (χ1n) is 8.22. The van der Waals surface area contributed by atoms with Gasteiger partial charge in [0.05, 0.1) is 22.0 Å². The molecule has 0 fully saturated rings. The summed E-state index contributed by atoms with van der Waals surface area (Å²) in [5, 5.41) is 55.7. The van der Waals surface area contributed by atoms with E-state index < -0.39 is 39.8 Å². The van der Waals surface area contributed by atoms with Gasteiger partial charge in [0.2, 0.25) is 0 Å². The van der Waals surface area contributed by atoms with Crippen LogP contribution in [0, 0.1) is 20.2 Å². The molecule has 0 atom stereocenters. The zero-order valence-electron chi connectivity index (χ0n) is 15.6. The molecule has 12 heteroatoms. The van der Waals surface area contributed by atoms with Crippen molar-refractivity contribution in [1.82, 2.24) is 0 Å². The van der Waals surface area contributed by atoms with Gasteiger partial charge in [-0.3, -0.25) is 20.2 Å². The van der Waals surface area contributed by atoms with Crippen molar-refractivity contribution in [1.29, 1.82) is 0 Å². The highest BCUT2D eigenvalue weighted by Crippen LogP contribution is 2.26. The van der Waals surface area contributed by atoms with Crippen molar-refractivity contribution < 1.29 is 39.9 Å². The number of aromatic hydroxyl groups is 1. The van der Waals surface area contributed by atoms with E-state index in [1.165, 1.54) is 36.4 Å². The van der Waals surface area contributed by atoms with Gasteiger partial charge in [0.25, 0.3) is 5.69 Å². The van der Waals surface area contributed by atoms with Crippen LogP contribution in [0.2, 0.25) is 0 Å². The van der Waals surface area contributed by atoms with Crippen molar-refractivity contribution in [3.05, 3.63) is 85.5 Å². The average Bonchev–Trinajstić information content (AvgIpc) is 2.70. The summed E-state index contributed by atoms with van der Waals surface area (Å²) >= 11 is 0. The van der Waals surface area contributed by atoms with Gasteiger partial charge in [-0.05, 0) is 47.5 Å². The Labute approximate surface area is 173 Å². The van der Waals surface area contributed by atoms with Gasteiger partial charge in [0, 0.05) is 24.3 Å². The Hall–Kier alpha value is -4.58. The van der Waals surface area contributed by atoms with E-state index in [0.29, 0.717) is 11.1 Å². The number of aliphatic hydroxyl groups is 1. The fraction of sp³-hybridized carbons (Fsp3) is 0.0526. The van der Waals surface area contributed by atoms with Gasteiger partial charge in [-0.15, -0.1) is 0 Å². The van der Waals surface area contributed by atoms with E-state index in [0.717, 1.165) is 24.3 Å². The molecule has 0 radical (unpaired) electrons. The van der Waals surface area contributed by atoms with Gasteiger partial charge >= 0.3 is 17.6 Å². The molecule has 0 aliphatic carbocycles. The molecule has 12 nitrogen and oxygen atoms in total. The summed E-state index contributed by atoms with van der Waals surface area (Å²) in [7, 11) is 0. The molecule has 0 saturated heterocycles. The third-order valence-electron chi connectivity index (χ3n) is 3.50.